The molecule has 0 N–H and O–H groups in total. The van der Waals surface area contributed by atoms with Gasteiger partial charge in [-0.3, -0.25) is 9.59 Å². The van der Waals surface area contributed by atoms with Gasteiger partial charge >= 0.3 is 6.18 Å². The zero-order valence-electron chi connectivity index (χ0n) is 22.6. The Kier molecular flexibility index (Phi) is 7.99. The van der Waals surface area contributed by atoms with Crippen LogP contribution in [-0.2, 0) is 28.7 Å². The minimum atomic E-state index is -4.60. The highest BCUT2D eigenvalue weighted by molar-refractivity contribution is 5.80. The number of halogens is 3. The standard InChI is InChI=1S/C27H33F3N6O4/c1-17(37)34-8-4-19(5-9-34)26(38)36-7-3-18(13-36)15-40-24-21-14-35(10-6-23(21)32-16-33-24)20-11-22(27(28,29)30)25(39-2)31-12-20/h11-12,16,18-19H,3-10,13-15H2,1-2H3. The van der Waals surface area contributed by atoms with Crippen LogP contribution in [0.4, 0.5) is 18.9 Å². The molecule has 2 fully saturated rings. The second-order valence-corrected chi connectivity index (χ2v) is 10.6. The first-order valence-electron chi connectivity index (χ1n) is 13.5. The highest BCUT2D eigenvalue weighted by Gasteiger charge is 2.37. The number of hydrogen-bond acceptors (Lipinski definition) is 8. The summed E-state index contributed by atoms with van der Waals surface area (Å²) in [5, 5.41) is 0. The van der Waals surface area contributed by atoms with Crippen LogP contribution in [0.2, 0.25) is 0 Å². The Labute approximate surface area is 230 Å². The van der Waals surface area contributed by atoms with Crippen LogP contribution < -0.4 is 14.4 Å². The van der Waals surface area contributed by atoms with Crippen molar-refractivity contribution in [3.8, 4) is 11.8 Å². The number of likely N-dealkylation sites (tertiary alicyclic amines) is 2. The number of alkyl halides is 3. The molecule has 0 aliphatic carbocycles. The summed E-state index contributed by atoms with van der Waals surface area (Å²) < 4.78 is 51.6. The van der Waals surface area contributed by atoms with Gasteiger partial charge in [-0.2, -0.15) is 13.2 Å². The molecule has 3 aliphatic rings. The summed E-state index contributed by atoms with van der Waals surface area (Å²) in [5.41, 5.74) is 0.941. The van der Waals surface area contributed by atoms with E-state index < -0.39 is 17.6 Å². The second kappa shape index (κ2) is 11.5. The molecule has 13 heteroatoms. The number of anilines is 1. The van der Waals surface area contributed by atoms with Crippen LogP contribution in [0.3, 0.4) is 0 Å². The number of methoxy groups -OCH3 is 1. The molecule has 1 unspecified atom stereocenters. The number of rotatable bonds is 6. The van der Waals surface area contributed by atoms with Gasteiger partial charge in [0, 0.05) is 57.9 Å². The number of piperidine rings is 1. The van der Waals surface area contributed by atoms with Gasteiger partial charge in [0.2, 0.25) is 23.6 Å². The van der Waals surface area contributed by atoms with Crippen molar-refractivity contribution in [2.24, 2.45) is 11.8 Å². The van der Waals surface area contributed by atoms with Crippen molar-refractivity contribution in [3.63, 3.8) is 0 Å². The molecule has 2 saturated heterocycles. The predicted octanol–water partition coefficient (Wildman–Crippen LogP) is 2.95. The Morgan fingerprint density at radius 1 is 1.02 bits per heavy atom. The number of fused-ring (bicyclic) bond motifs is 1. The van der Waals surface area contributed by atoms with Crippen LogP contribution in [0.25, 0.3) is 0 Å². The first-order chi connectivity index (χ1) is 19.1. The summed E-state index contributed by atoms with van der Waals surface area (Å²) in [5.74, 6) is 0.227. The summed E-state index contributed by atoms with van der Waals surface area (Å²) in [6.07, 6.45) is 0.935. The molecule has 2 amide bonds. The average molecular weight is 563 g/mol. The smallest absolute Gasteiger partial charge is 0.421 e. The van der Waals surface area contributed by atoms with Gasteiger partial charge in [-0.15, -0.1) is 0 Å². The minimum absolute atomic E-state index is 0.0473. The first-order valence-corrected chi connectivity index (χ1v) is 13.5. The minimum Gasteiger partial charge on any atom is -0.481 e. The fourth-order valence-electron chi connectivity index (χ4n) is 5.71. The maximum atomic E-state index is 13.5. The molecule has 2 aromatic heterocycles. The second-order valence-electron chi connectivity index (χ2n) is 10.6. The van der Waals surface area contributed by atoms with E-state index >= 15 is 0 Å². The monoisotopic (exact) mass is 562 g/mol. The van der Waals surface area contributed by atoms with Crippen molar-refractivity contribution in [2.45, 2.75) is 45.3 Å². The topological polar surface area (TPSA) is 101 Å². The van der Waals surface area contributed by atoms with Gasteiger partial charge in [-0.05, 0) is 25.3 Å². The lowest BCUT2D eigenvalue weighted by Crippen LogP contribution is -2.43. The first kappa shape index (κ1) is 27.9. The molecule has 40 heavy (non-hydrogen) atoms. The Hall–Kier alpha value is -3.64. The van der Waals surface area contributed by atoms with Crippen molar-refractivity contribution in [2.75, 3.05) is 51.3 Å². The van der Waals surface area contributed by atoms with E-state index in [-0.39, 0.29) is 30.2 Å². The van der Waals surface area contributed by atoms with Crippen molar-refractivity contribution in [1.29, 1.82) is 0 Å². The zero-order chi connectivity index (χ0) is 28.4. The average Bonchev–Trinajstić information content (AvgIpc) is 3.43. The quantitative estimate of drug-likeness (QED) is 0.530. The lowest BCUT2D eigenvalue weighted by Gasteiger charge is -2.32. The number of hydrogen-bond donors (Lipinski definition) is 0. The van der Waals surface area contributed by atoms with Crippen LogP contribution >= 0.6 is 0 Å². The van der Waals surface area contributed by atoms with Gasteiger partial charge in [0.25, 0.3) is 0 Å². The van der Waals surface area contributed by atoms with E-state index in [2.05, 4.69) is 15.0 Å². The van der Waals surface area contributed by atoms with Gasteiger partial charge < -0.3 is 24.2 Å². The summed E-state index contributed by atoms with van der Waals surface area (Å²) >= 11 is 0. The number of carbonyl (C=O) groups is 2. The maximum absolute atomic E-state index is 13.5. The summed E-state index contributed by atoms with van der Waals surface area (Å²) in [6.45, 7) is 5.19. The van der Waals surface area contributed by atoms with Crippen molar-refractivity contribution >= 4 is 17.5 Å². The number of aromatic nitrogens is 3. The fourth-order valence-corrected chi connectivity index (χ4v) is 5.71. The SMILES string of the molecule is COc1ncc(N2CCc3ncnc(OCC4CCN(C(=O)C5CCN(C(C)=O)CC5)C4)c3C2)cc1C(F)(F)F. The van der Waals surface area contributed by atoms with Crippen LogP contribution in [0, 0.1) is 11.8 Å². The van der Waals surface area contributed by atoms with E-state index in [9.17, 15) is 22.8 Å². The fraction of sp³-hybridized carbons (Fsp3) is 0.593. The highest BCUT2D eigenvalue weighted by atomic mass is 19.4. The lowest BCUT2D eigenvalue weighted by molar-refractivity contribution is -0.139. The van der Waals surface area contributed by atoms with Crippen LogP contribution in [0.15, 0.2) is 18.6 Å². The van der Waals surface area contributed by atoms with Gasteiger partial charge in [0.05, 0.1) is 43.4 Å². The number of nitrogens with zero attached hydrogens (tertiary/aromatic N) is 6. The van der Waals surface area contributed by atoms with Crippen molar-refractivity contribution < 1.29 is 32.2 Å². The molecule has 5 rings (SSSR count). The lowest BCUT2D eigenvalue weighted by atomic mass is 9.95. The molecule has 3 aliphatic heterocycles. The van der Waals surface area contributed by atoms with E-state index in [4.69, 9.17) is 9.47 Å². The molecular weight excluding hydrogens is 529 g/mol. The third-order valence-electron chi connectivity index (χ3n) is 8.01. The third kappa shape index (κ3) is 5.92. The van der Waals surface area contributed by atoms with E-state index in [1.807, 2.05) is 4.90 Å². The van der Waals surface area contributed by atoms with Gasteiger partial charge in [-0.25, -0.2) is 15.0 Å². The molecule has 0 saturated carbocycles. The van der Waals surface area contributed by atoms with E-state index in [1.165, 1.54) is 12.5 Å². The normalized spacial score (nSPS) is 19.9. The van der Waals surface area contributed by atoms with Gasteiger partial charge in [0.1, 0.15) is 11.9 Å². The summed E-state index contributed by atoms with van der Waals surface area (Å²) in [4.78, 5) is 42.7. The van der Waals surface area contributed by atoms with Crippen LogP contribution in [0.5, 0.6) is 11.8 Å². The van der Waals surface area contributed by atoms with Crippen LogP contribution in [0.1, 0.15) is 43.0 Å². The number of ether oxygens (including phenoxy) is 2. The van der Waals surface area contributed by atoms with Crippen LogP contribution in [-0.4, -0.2) is 83.0 Å². The molecule has 1 atom stereocenters. The maximum Gasteiger partial charge on any atom is 0.421 e. The van der Waals surface area contributed by atoms with Crippen molar-refractivity contribution in [1.82, 2.24) is 24.8 Å². The molecule has 0 spiro atoms. The van der Waals surface area contributed by atoms with E-state index in [1.54, 1.807) is 16.7 Å². The van der Waals surface area contributed by atoms with E-state index in [0.717, 1.165) is 30.9 Å². The Bertz CT molecular complexity index is 1250. The molecule has 5 heterocycles. The number of pyridine rings is 1. The summed E-state index contributed by atoms with van der Waals surface area (Å²) in [6, 6.07) is 1.05. The molecule has 2 aromatic rings. The molecular formula is C27H33F3N6O4. The number of amides is 2. The molecule has 10 nitrogen and oxygen atoms in total. The van der Waals surface area contributed by atoms with E-state index in [0.29, 0.717) is 70.2 Å². The van der Waals surface area contributed by atoms with Gasteiger partial charge in [-0.1, -0.05) is 0 Å². The Morgan fingerprint density at radius 2 is 1.77 bits per heavy atom. The Balaban J connectivity index is 1.20. The third-order valence-corrected chi connectivity index (χ3v) is 8.01. The van der Waals surface area contributed by atoms with Gasteiger partial charge in [0.15, 0.2) is 0 Å². The highest BCUT2D eigenvalue weighted by Crippen LogP contribution is 2.38. The Morgan fingerprint density at radius 3 is 2.48 bits per heavy atom. The molecule has 0 bridgehead atoms. The summed E-state index contributed by atoms with van der Waals surface area (Å²) in [7, 11) is 1.16. The predicted molar refractivity (Wildman–Crippen MR) is 138 cm³/mol. The largest absolute Gasteiger partial charge is 0.481 e. The zero-order valence-corrected chi connectivity index (χ0v) is 22.6. The molecule has 216 valence electrons. The molecule has 0 radical (unpaired) electrons. The number of carbonyl (C=O) groups excluding carboxylic acids is 2. The van der Waals surface area contributed by atoms with Crippen molar-refractivity contribution in [3.05, 3.63) is 35.4 Å². The molecule has 0 aromatic carbocycles.